The molecule has 22 heavy (non-hydrogen) atoms. The minimum Gasteiger partial charge on any atom is -0.480 e. The number of hydrogen-bond acceptors (Lipinski definition) is 6. The number of ketones is 1. The maximum atomic E-state index is 12.5. The fraction of sp³-hybridized carbons (Fsp3) is 0.267. The number of rotatable bonds is 3. The van der Waals surface area contributed by atoms with Gasteiger partial charge in [-0.1, -0.05) is 47.3 Å². The number of carbonyl (C=O) groups is 1. The van der Waals surface area contributed by atoms with Gasteiger partial charge in [0, 0.05) is 16.7 Å². The number of Topliss-reactive ketones (excluding diaryl/α,β-unsaturated/α-hetero) is 1. The van der Waals surface area contributed by atoms with E-state index in [1.807, 2.05) is 30.5 Å². The molecule has 7 heteroatoms. The Bertz CT molecular complexity index is 722. The molecular weight excluding hydrogens is 340 g/mol. The lowest BCUT2D eigenvalue weighted by Gasteiger charge is -2.23. The zero-order chi connectivity index (χ0) is 15.7. The van der Waals surface area contributed by atoms with Crippen molar-refractivity contribution in [3.8, 4) is 5.88 Å². The van der Waals surface area contributed by atoms with Crippen molar-refractivity contribution in [1.82, 2.24) is 9.97 Å². The summed E-state index contributed by atoms with van der Waals surface area (Å²) in [7, 11) is 1.52. The van der Waals surface area contributed by atoms with Gasteiger partial charge in [0.25, 0.3) is 0 Å². The van der Waals surface area contributed by atoms with Crippen LogP contribution in [-0.2, 0) is 0 Å². The molecule has 3 rings (SSSR count). The number of benzene rings is 1. The lowest BCUT2D eigenvalue weighted by atomic mass is 10.0. The van der Waals surface area contributed by atoms with Gasteiger partial charge in [-0.3, -0.25) is 4.79 Å². The molecular formula is C15H13ClN2O2S2. The highest BCUT2D eigenvalue weighted by Gasteiger charge is 2.32. The molecule has 0 aliphatic carbocycles. The number of methoxy groups -OCH3 is 1. The highest BCUT2D eigenvalue weighted by Crippen LogP contribution is 2.46. The van der Waals surface area contributed by atoms with E-state index in [1.54, 1.807) is 11.8 Å². The zero-order valence-corrected chi connectivity index (χ0v) is 14.4. The van der Waals surface area contributed by atoms with Gasteiger partial charge in [0.2, 0.25) is 5.88 Å². The number of ether oxygens (including phenoxy) is 1. The van der Waals surface area contributed by atoms with Crippen LogP contribution in [0.3, 0.4) is 0 Å². The summed E-state index contributed by atoms with van der Waals surface area (Å²) in [6.45, 7) is 0. The predicted molar refractivity (Wildman–Crippen MR) is 89.4 cm³/mol. The molecule has 1 aromatic heterocycles. The number of hydrogen-bond donors (Lipinski definition) is 0. The van der Waals surface area contributed by atoms with Crippen LogP contribution in [0, 0.1) is 0 Å². The number of nitrogens with zero attached hydrogens (tertiary/aromatic N) is 2. The second kappa shape index (κ2) is 6.48. The van der Waals surface area contributed by atoms with E-state index in [2.05, 4.69) is 9.97 Å². The first-order chi connectivity index (χ1) is 10.6. The SMILES string of the molecule is COc1nc(SC)nc2c1C(=O)CC(c1ccc(Cl)cc1)S2. The molecule has 0 amide bonds. The third-order valence-corrected chi connectivity index (χ3v) is 5.39. The molecule has 2 heterocycles. The van der Waals surface area contributed by atoms with Crippen molar-refractivity contribution in [2.75, 3.05) is 13.4 Å². The summed E-state index contributed by atoms with van der Waals surface area (Å²) in [4.78, 5) is 21.2. The molecule has 0 spiro atoms. The fourth-order valence-electron chi connectivity index (χ4n) is 2.28. The van der Waals surface area contributed by atoms with Crippen molar-refractivity contribution in [3.63, 3.8) is 0 Å². The predicted octanol–water partition coefficient (Wildman–Crippen LogP) is 4.28. The van der Waals surface area contributed by atoms with Gasteiger partial charge in [0.05, 0.1) is 7.11 Å². The van der Waals surface area contributed by atoms with E-state index in [1.165, 1.54) is 18.9 Å². The Labute approximate surface area is 142 Å². The van der Waals surface area contributed by atoms with Crippen LogP contribution in [0.4, 0.5) is 0 Å². The quantitative estimate of drug-likeness (QED) is 0.467. The zero-order valence-electron chi connectivity index (χ0n) is 12.0. The lowest BCUT2D eigenvalue weighted by Crippen LogP contribution is -2.16. The fourth-order valence-corrected chi connectivity index (χ4v) is 4.07. The molecule has 0 bridgehead atoms. The van der Waals surface area contributed by atoms with E-state index >= 15 is 0 Å². The van der Waals surface area contributed by atoms with Crippen LogP contribution in [0.2, 0.25) is 5.02 Å². The van der Waals surface area contributed by atoms with Crippen LogP contribution >= 0.6 is 35.1 Å². The summed E-state index contributed by atoms with van der Waals surface area (Å²) >= 11 is 8.92. The second-order valence-electron chi connectivity index (χ2n) is 4.69. The van der Waals surface area contributed by atoms with Gasteiger partial charge in [0.15, 0.2) is 10.9 Å². The summed E-state index contributed by atoms with van der Waals surface area (Å²) in [6, 6.07) is 7.58. The topological polar surface area (TPSA) is 52.1 Å². The summed E-state index contributed by atoms with van der Waals surface area (Å²) in [5.74, 6) is 0.375. The molecule has 114 valence electrons. The average molecular weight is 353 g/mol. The third-order valence-electron chi connectivity index (χ3n) is 3.34. The largest absolute Gasteiger partial charge is 0.480 e. The number of aromatic nitrogens is 2. The Balaban J connectivity index is 2.01. The smallest absolute Gasteiger partial charge is 0.229 e. The first kappa shape index (κ1) is 15.6. The van der Waals surface area contributed by atoms with Crippen molar-refractivity contribution in [3.05, 3.63) is 40.4 Å². The molecule has 0 saturated carbocycles. The normalized spacial score (nSPS) is 17.2. The van der Waals surface area contributed by atoms with E-state index in [0.29, 0.717) is 33.1 Å². The second-order valence-corrected chi connectivity index (χ2v) is 7.09. The van der Waals surface area contributed by atoms with E-state index in [9.17, 15) is 4.79 Å². The first-order valence-corrected chi connectivity index (χ1v) is 9.06. The number of thioether (sulfide) groups is 2. The van der Waals surface area contributed by atoms with E-state index in [-0.39, 0.29) is 11.0 Å². The van der Waals surface area contributed by atoms with Crippen molar-refractivity contribution in [2.45, 2.75) is 21.9 Å². The van der Waals surface area contributed by atoms with Crippen molar-refractivity contribution in [1.29, 1.82) is 0 Å². The van der Waals surface area contributed by atoms with Crippen molar-refractivity contribution >= 4 is 40.9 Å². The molecule has 0 saturated heterocycles. The highest BCUT2D eigenvalue weighted by molar-refractivity contribution is 8.00. The Morgan fingerprint density at radius 2 is 2.05 bits per heavy atom. The van der Waals surface area contributed by atoms with Crippen LogP contribution in [0.5, 0.6) is 5.88 Å². The van der Waals surface area contributed by atoms with Crippen LogP contribution in [-0.4, -0.2) is 29.1 Å². The number of halogens is 1. The van der Waals surface area contributed by atoms with Crippen LogP contribution in [0.1, 0.15) is 27.6 Å². The Morgan fingerprint density at radius 3 is 2.68 bits per heavy atom. The van der Waals surface area contributed by atoms with Gasteiger partial charge in [-0.05, 0) is 24.0 Å². The molecule has 0 radical (unpaired) electrons. The summed E-state index contributed by atoms with van der Waals surface area (Å²) in [5.41, 5.74) is 1.56. The first-order valence-electron chi connectivity index (χ1n) is 6.57. The minimum atomic E-state index is 0.0122. The van der Waals surface area contributed by atoms with Crippen molar-refractivity contribution in [2.24, 2.45) is 0 Å². The van der Waals surface area contributed by atoms with Crippen LogP contribution < -0.4 is 4.74 Å². The Hall–Kier alpha value is -1.24. The molecule has 0 fully saturated rings. The molecule has 1 aliphatic heterocycles. The van der Waals surface area contributed by atoms with E-state index in [0.717, 1.165) is 5.56 Å². The van der Waals surface area contributed by atoms with E-state index in [4.69, 9.17) is 16.3 Å². The third kappa shape index (κ3) is 2.95. The van der Waals surface area contributed by atoms with E-state index < -0.39 is 0 Å². The van der Waals surface area contributed by atoms with Gasteiger partial charge < -0.3 is 4.74 Å². The molecule has 0 N–H and O–H groups in total. The number of carbonyl (C=O) groups excluding carboxylic acids is 1. The molecule has 1 atom stereocenters. The highest BCUT2D eigenvalue weighted by atomic mass is 35.5. The Morgan fingerprint density at radius 1 is 1.32 bits per heavy atom. The summed E-state index contributed by atoms with van der Waals surface area (Å²) in [6.07, 6.45) is 2.30. The molecule has 1 aliphatic rings. The minimum absolute atomic E-state index is 0.0122. The van der Waals surface area contributed by atoms with Crippen molar-refractivity contribution < 1.29 is 9.53 Å². The molecule has 4 nitrogen and oxygen atoms in total. The standard InChI is InChI=1S/C15H13ClN2O2S2/c1-20-13-12-10(19)7-11(8-3-5-9(16)6-4-8)22-14(12)18-15(17-13)21-2/h3-6,11H,7H2,1-2H3. The summed E-state index contributed by atoms with van der Waals surface area (Å²) < 4.78 is 5.27. The van der Waals surface area contributed by atoms with Gasteiger partial charge in [-0.25, -0.2) is 4.98 Å². The number of fused-ring (bicyclic) bond motifs is 1. The van der Waals surface area contributed by atoms with Crippen LogP contribution in [0.25, 0.3) is 0 Å². The molecule has 1 unspecified atom stereocenters. The van der Waals surface area contributed by atoms with Gasteiger partial charge in [0.1, 0.15) is 10.6 Å². The van der Waals surface area contributed by atoms with Crippen LogP contribution in [0.15, 0.2) is 34.4 Å². The maximum absolute atomic E-state index is 12.5. The molecule has 1 aromatic carbocycles. The summed E-state index contributed by atoms with van der Waals surface area (Å²) in [5, 5.41) is 2.01. The lowest BCUT2D eigenvalue weighted by molar-refractivity contribution is 0.0971. The Kier molecular flexibility index (Phi) is 4.61. The average Bonchev–Trinajstić information content (AvgIpc) is 2.54. The maximum Gasteiger partial charge on any atom is 0.229 e. The van der Waals surface area contributed by atoms with Gasteiger partial charge in [-0.15, -0.1) is 0 Å². The monoisotopic (exact) mass is 352 g/mol. The van der Waals surface area contributed by atoms with Gasteiger partial charge >= 0.3 is 0 Å². The molecule has 2 aromatic rings. The van der Waals surface area contributed by atoms with Gasteiger partial charge in [-0.2, -0.15) is 4.98 Å².